The molecule has 0 fully saturated rings. The molecule has 2 rings (SSSR count). The number of anilines is 1. The molecule has 18 heavy (non-hydrogen) atoms. The van der Waals surface area contributed by atoms with Crippen molar-refractivity contribution in [3.05, 3.63) is 23.8 Å². The van der Waals surface area contributed by atoms with Crippen molar-refractivity contribution in [2.45, 2.75) is 6.42 Å². The molecule has 96 valence electrons. The average Bonchev–Trinajstić information content (AvgIpc) is 2.33. The lowest BCUT2D eigenvalue weighted by molar-refractivity contribution is -0.124. The van der Waals surface area contributed by atoms with E-state index >= 15 is 0 Å². The van der Waals surface area contributed by atoms with Crippen molar-refractivity contribution in [2.75, 3.05) is 24.6 Å². The number of nitrogens with two attached hydrogens (primary N) is 2. The predicted octanol–water partition coefficient (Wildman–Crippen LogP) is -0.601. The number of fused-ring (bicyclic) bond motifs is 1. The third kappa shape index (κ3) is 2.43. The Morgan fingerprint density at radius 1 is 1.44 bits per heavy atom. The van der Waals surface area contributed by atoms with Gasteiger partial charge in [-0.15, -0.1) is 0 Å². The van der Waals surface area contributed by atoms with Crippen LogP contribution in [0.15, 0.2) is 18.2 Å². The van der Waals surface area contributed by atoms with Gasteiger partial charge in [-0.25, -0.2) is 0 Å². The topological polar surface area (TPSA) is 98.6 Å². The zero-order valence-corrected chi connectivity index (χ0v) is 9.89. The number of carbonyl (C=O) groups excluding carboxylic acids is 2. The molecular formula is C12H15N3O3. The van der Waals surface area contributed by atoms with Crippen molar-refractivity contribution in [3.8, 4) is 5.75 Å². The Morgan fingerprint density at radius 3 is 2.89 bits per heavy atom. The fraction of sp³-hybridized carbons (Fsp3) is 0.333. The van der Waals surface area contributed by atoms with Crippen LogP contribution in [0, 0.1) is 0 Å². The van der Waals surface area contributed by atoms with E-state index in [2.05, 4.69) is 0 Å². The molecule has 6 nitrogen and oxygen atoms in total. The minimum atomic E-state index is -0.555. The lowest BCUT2D eigenvalue weighted by Crippen LogP contribution is -2.43. The summed E-state index contributed by atoms with van der Waals surface area (Å²) in [5.74, 6) is -0.247. The van der Waals surface area contributed by atoms with E-state index in [1.807, 2.05) is 12.1 Å². The van der Waals surface area contributed by atoms with E-state index in [0.29, 0.717) is 24.4 Å². The smallest absolute Gasteiger partial charge is 0.265 e. The summed E-state index contributed by atoms with van der Waals surface area (Å²) in [5.41, 5.74) is 12.2. The fourth-order valence-electron chi connectivity index (χ4n) is 1.90. The average molecular weight is 249 g/mol. The van der Waals surface area contributed by atoms with Crippen molar-refractivity contribution in [1.82, 2.24) is 0 Å². The molecule has 0 saturated heterocycles. The van der Waals surface area contributed by atoms with E-state index < -0.39 is 5.91 Å². The monoisotopic (exact) mass is 249 g/mol. The molecule has 0 unspecified atom stereocenters. The normalized spacial score (nSPS) is 14.1. The van der Waals surface area contributed by atoms with Gasteiger partial charge in [-0.1, -0.05) is 6.07 Å². The molecule has 6 heteroatoms. The number of primary amides is 1. The lowest BCUT2D eigenvalue weighted by atomic mass is 10.1. The Morgan fingerprint density at radius 2 is 2.22 bits per heavy atom. The standard InChI is InChI=1S/C12H15N3O3/c13-4-3-8-1-2-10-9(5-8)15(6-11(14)16)12(17)7-18-10/h1-2,5H,3-4,6-7,13H2,(H2,14,16). The van der Waals surface area contributed by atoms with E-state index in [9.17, 15) is 9.59 Å². The first-order valence-corrected chi connectivity index (χ1v) is 5.66. The molecule has 1 aliphatic rings. The van der Waals surface area contributed by atoms with E-state index in [0.717, 1.165) is 5.56 Å². The van der Waals surface area contributed by atoms with Crippen LogP contribution in [0.5, 0.6) is 5.75 Å². The molecule has 0 aliphatic carbocycles. The van der Waals surface area contributed by atoms with Crippen molar-refractivity contribution in [3.63, 3.8) is 0 Å². The molecular weight excluding hydrogens is 234 g/mol. The number of amides is 2. The molecule has 0 atom stereocenters. The number of rotatable bonds is 4. The number of ether oxygens (including phenoxy) is 1. The lowest BCUT2D eigenvalue weighted by Gasteiger charge is -2.28. The van der Waals surface area contributed by atoms with Crippen LogP contribution < -0.4 is 21.1 Å². The molecule has 0 spiro atoms. The Labute approximate surface area is 104 Å². The third-order valence-corrected chi connectivity index (χ3v) is 2.71. The summed E-state index contributed by atoms with van der Waals surface area (Å²) in [4.78, 5) is 24.1. The van der Waals surface area contributed by atoms with Crippen LogP contribution in [0.25, 0.3) is 0 Å². The van der Waals surface area contributed by atoms with Gasteiger partial charge in [-0.3, -0.25) is 14.5 Å². The minimum absolute atomic E-state index is 0.0729. The summed E-state index contributed by atoms with van der Waals surface area (Å²) < 4.78 is 5.31. The first-order chi connectivity index (χ1) is 8.61. The van der Waals surface area contributed by atoms with Crippen LogP contribution in [0.4, 0.5) is 5.69 Å². The fourth-order valence-corrected chi connectivity index (χ4v) is 1.90. The second kappa shape index (κ2) is 5.05. The number of nitrogens with zero attached hydrogens (tertiary/aromatic N) is 1. The van der Waals surface area contributed by atoms with E-state index in [-0.39, 0.29) is 19.1 Å². The maximum atomic E-state index is 11.7. The Kier molecular flexibility index (Phi) is 3.47. The largest absolute Gasteiger partial charge is 0.482 e. The second-order valence-corrected chi connectivity index (χ2v) is 4.08. The highest BCUT2D eigenvalue weighted by molar-refractivity contribution is 6.01. The molecule has 2 amide bonds. The van der Waals surface area contributed by atoms with Gasteiger partial charge in [0, 0.05) is 0 Å². The summed E-state index contributed by atoms with van der Waals surface area (Å²) >= 11 is 0. The maximum Gasteiger partial charge on any atom is 0.265 e. The van der Waals surface area contributed by atoms with Crippen LogP contribution in [-0.2, 0) is 16.0 Å². The quantitative estimate of drug-likeness (QED) is 0.744. The highest BCUT2D eigenvalue weighted by atomic mass is 16.5. The summed E-state index contributed by atoms with van der Waals surface area (Å²) in [6.45, 7) is 0.307. The minimum Gasteiger partial charge on any atom is -0.482 e. The van der Waals surface area contributed by atoms with E-state index in [1.54, 1.807) is 6.07 Å². The molecule has 0 aromatic heterocycles. The van der Waals surface area contributed by atoms with Crippen LogP contribution in [0.3, 0.4) is 0 Å². The number of benzene rings is 1. The molecule has 4 N–H and O–H groups in total. The summed E-state index contributed by atoms with van der Waals surface area (Å²) in [6.07, 6.45) is 0.700. The van der Waals surface area contributed by atoms with Gasteiger partial charge in [0.2, 0.25) is 5.91 Å². The highest BCUT2D eigenvalue weighted by Gasteiger charge is 2.26. The van der Waals surface area contributed by atoms with Gasteiger partial charge < -0.3 is 16.2 Å². The first kappa shape index (κ1) is 12.4. The van der Waals surface area contributed by atoms with Crippen molar-refractivity contribution in [2.24, 2.45) is 11.5 Å². The molecule has 1 heterocycles. The van der Waals surface area contributed by atoms with Gasteiger partial charge in [0.25, 0.3) is 5.91 Å². The molecule has 0 bridgehead atoms. The molecule has 0 saturated carbocycles. The molecule has 1 aromatic rings. The molecule has 1 aliphatic heterocycles. The van der Waals surface area contributed by atoms with Crippen LogP contribution in [0.1, 0.15) is 5.56 Å². The van der Waals surface area contributed by atoms with Crippen molar-refractivity contribution < 1.29 is 14.3 Å². The predicted molar refractivity (Wildman–Crippen MR) is 66.2 cm³/mol. The van der Waals surface area contributed by atoms with Crippen LogP contribution in [-0.4, -0.2) is 31.5 Å². The Hall–Kier alpha value is -2.08. The maximum absolute atomic E-state index is 11.7. The van der Waals surface area contributed by atoms with Crippen molar-refractivity contribution >= 4 is 17.5 Å². The van der Waals surface area contributed by atoms with Gasteiger partial charge in [-0.2, -0.15) is 0 Å². The van der Waals surface area contributed by atoms with Crippen molar-refractivity contribution in [1.29, 1.82) is 0 Å². The van der Waals surface area contributed by atoms with Gasteiger partial charge in [0.1, 0.15) is 12.3 Å². The second-order valence-electron chi connectivity index (χ2n) is 4.08. The molecule has 1 aromatic carbocycles. The number of carbonyl (C=O) groups is 2. The zero-order valence-electron chi connectivity index (χ0n) is 9.89. The van der Waals surface area contributed by atoms with Gasteiger partial charge in [-0.05, 0) is 30.7 Å². The van der Waals surface area contributed by atoms with E-state index in [1.165, 1.54) is 4.90 Å². The first-order valence-electron chi connectivity index (χ1n) is 5.66. The summed E-state index contributed by atoms with van der Waals surface area (Å²) in [7, 11) is 0. The number of hydrogen-bond donors (Lipinski definition) is 2. The summed E-state index contributed by atoms with van der Waals surface area (Å²) in [6, 6.07) is 5.48. The SMILES string of the molecule is NCCc1ccc2c(c1)N(CC(N)=O)C(=O)CO2. The van der Waals surface area contributed by atoms with Gasteiger partial charge in [0.05, 0.1) is 5.69 Å². The van der Waals surface area contributed by atoms with Gasteiger partial charge >= 0.3 is 0 Å². The van der Waals surface area contributed by atoms with Crippen LogP contribution >= 0.6 is 0 Å². The zero-order chi connectivity index (χ0) is 13.1. The summed E-state index contributed by atoms with van der Waals surface area (Å²) in [5, 5.41) is 0. The Balaban J connectivity index is 2.36. The highest BCUT2D eigenvalue weighted by Crippen LogP contribution is 2.32. The molecule has 0 radical (unpaired) electrons. The van der Waals surface area contributed by atoms with E-state index in [4.69, 9.17) is 16.2 Å². The van der Waals surface area contributed by atoms with Gasteiger partial charge in [0.15, 0.2) is 6.61 Å². The van der Waals surface area contributed by atoms with Crippen LogP contribution in [0.2, 0.25) is 0 Å². The number of hydrogen-bond acceptors (Lipinski definition) is 4. The Bertz CT molecular complexity index is 487. The third-order valence-electron chi connectivity index (χ3n) is 2.71.